The first-order chi connectivity index (χ1) is 17.8. The van der Waals surface area contributed by atoms with E-state index in [2.05, 4.69) is 22.4 Å². The molecule has 1 unspecified atom stereocenters. The lowest BCUT2D eigenvalue weighted by atomic mass is 10.1. The number of anilines is 1. The van der Waals surface area contributed by atoms with Crippen LogP contribution in [0.2, 0.25) is 0 Å². The van der Waals surface area contributed by atoms with Gasteiger partial charge in [0.05, 0.1) is 10.1 Å². The van der Waals surface area contributed by atoms with E-state index in [0.717, 1.165) is 23.4 Å². The van der Waals surface area contributed by atoms with Gasteiger partial charge in [0.2, 0.25) is 5.91 Å². The highest BCUT2D eigenvalue weighted by Crippen LogP contribution is 2.29. The molecule has 0 radical (unpaired) electrons. The summed E-state index contributed by atoms with van der Waals surface area (Å²) < 4.78 is 28.1. The average molecular weight is 535 g/mol. The molecule has 4 aromatic rings. The largest absolute Gasteiger partial charge is 0.325 e. The molecule has 192 valence electrons. The first-order valence-electron chi connectivity index (χ1n) is 12.2. The van der Waals surface area contributed by atoms with Gasteiger partial charge in [0, 0.05) is 11.4 Å². The van der Waals surface area contributed by atoms with Crippen molar-refractivity contribution in [3.8, 4) is 5.69 Å². The van der Waals surface area contributed by atoms with Crippen molar-refractivity contribution in [2.75, 3.05) is 5.32 Å². The number of hydrogen-bond acceptors (Lipinski definition) is 6. The smallest absolute Gasteiger partial charge is 0.237 e. The maximum absolute atomic E-state index is 13.2. The molecule has 0 saturated heterocycles. The fourth-order valence-electron chi connectivity index (χ4n) is 3.80. The second-order valence-electron chi connectivity index (χ2n) is 8.70. The molecule has 9 heteroatoms. The van der Waals surface area contributed by atoms with Gasteiger partial charge in [0.15, 0.2) is 20.8 Å². The Morgan fingerprint density at radius 1 is 0.946 bits per heavy atom. The SMILES string of the molecule is CCc1ccc(NC(=O)C(CC)Sc2nnc(CS(=O)(=O)c3ccc(C)cc3)n2-c2ccccc2)cc1. The van der Waals surface area contributed by atoms with E-state index < -0.39 is 15.1 Å². The van der Waals surface area contributed by atoms with Gasteiger partial charge in [-0.25, -0.2) is 8.42 Å². The number of aromatic nitrogens is 3. The van der Waals surface area contributed by atoms with Crippen LogP contribution in [0.15, 0.2) is 88.9 Å². The van der Waals surface area contributed by atoms with Gasteiger partial charge in [0.25, 0.3) is 0 Å². The topological polar surface area (TPSA) is 94.0 Å². The minimum atomic E-state index is -3.66. The number of para-hydroxylation sites is 1. The van der Waals surface area contributed by atoms with Crippen LogP contribution in [-0.2, 0) is 26.8 Å². The van der Waals surface area contributed by atoms with E-state index in [0.29, 0.717) is 17.4 Å². The number of hydrogen-bond donors (Lipinski definition) is 1. The molecular formula is C28H30N4O3S2. The van der Waals surface area contributed by atoms with Crippen LogP contribution in [0.4, 0.5) is 5.69 Å². The third kappa shape index (κ3) is 6.47. The average Bonchev–Trinajstić information content (AvgIpc) is 3.29. The van der Waals surface area contributed by atoms with Crippen molar-refractivity contribution >= 4 is 33.2 Å². The lowest BCUT2D eigenvalue weighted by Gasteiger charge is -2.16. The molecule has 4 rings (SSSR count). The summed E-state index contributed by atoms with van der Waals surface area (Å²) in [7, 11) is -3.66. The molecule has 3 aromatic carbocycles. The Hall–Kier alpha value is -3.43. The number of thioether (sulfide) groups is 1. The molecule has 1 aromatic heterocycles. The van der Waals surface area contributed by atoms with Gasteiger partial charge in [-0.3, -0.25) is 9.36 Å². The van der Waals surface area contributed by atoms with Crippen LogP contribution < -0.4 is 5.32 Å². The van der Waals surface area contributed by atoms with E-state index in [4.69, 9.17) is 0 Å². The summed E-state index contributed by atoms with van der Waals surface area (Å²) in [5.74, 6) is -0.168. The van der Waals surface area contributed by atoms with Crippen molar-refractivity contribution < 1.29 is 13.2 Å². The fraction of sp³-hybridized carbons (Fsp3) is 0.250. The zero-order chi connectivity index (χ0) is 26.4. The highest BCUT2D eigenvalue weighted by Gasteiger charge is 2.26. The Bertz CT molecular complexity index is 1450. The van der Waals surface area contributed by atoms with Crippen LogP contribution in [0, 0.1) is 6.92 Å². The maximum Gasteiger partial charge on any atom is 0.237 e. The molecular weight excluding hydrogens is 504 g/mol. The predicted molar refractivity (Wildman–Crippen MR) is 148 cm³/mol. The molecule has 37 heavy (non-hydrogen) atoms. The maximum atomic E-state index is 13.2. The van der Waals surface area contributed by atoms with Crippen molar-refractivity contribution in [2.24, 2.45) is 0 Å². The Morgan fingerprint density at radius 3 is 2.24 bits per heavy atom. The number of nitrogens with one attached hydrogen (secondary N) is 1. The highest BCUT2D eigenvalue weighted by molar-refractivity contribution is 8.00. The molecule has 1 amide bonds. The second kappa shape index (κ2) is 11.7. The number of carbonyl (C=O) groups excluding carboxylic acids is 1. The molecule has 0 fully saturated rings. The number of sulfone groups is 1. The van der Waals surface area contributed by atoms with Gasteiger partial charge in [-0.05, 0) is 61.7 Å². The monoisotopic (exact) mass is 534 g/mol. The summed E-state index contributed by atoms with van der Waals surface area (Å²) in [5.41, 5.74) is 3.64. The van der Waals surface area contributed by atoms with Crippen LogP contribution >= 0.6 is 11.8 Å². The first-order valence-corrected chi connectivity index (χ1v) is 14.7. The number of carbonyl (C=O) groups is 1. The summed E-state index contributed by atoms with van der Waals surface area (Å²) in [4.78, 5) is 13.3. The van der Waals surface area contributed by atoms with Gasteiger partial charge >= 0.3 is 0 Å². The predicted octanol–water partition coefficient (Wildman–Crippen LogP) is 5.62. The van der Waals surface area contributed by atoms with E-state index in [9.17, 15) is 13.2 Å². The zero-order valence-electron chi connectivity index (χ0n) is 21.1. The van der Waals surface area contributed by atoms with E-state index in [1.807, 2.05) is 68.4 Å². The summed E-state index contributed by atoms with van der Waals surface area (Å²) >= 11 is 1.27. The van der Waals surface area contributed by atoms with Gasteiger partial charge in [-0.1, -0.05) is 73.6 Å². The molecule has 7 nitrogen and oxygen atoms in total. The summed E-state index contributed by atoms with van der Waals surface area (Å²) in [6.45, 7) is 5.93. The van der Waals surface area contributed by atoms with E-state index in [1.54, 1.807) is 28.8 Å². The Balaban J connectivity index is 1.62. The second-order valence-corrected chi connectivity index (χ2v) is 11.9. The molecule has 0 aliphatic heterocycles. The molecule has 0 saturated carbocycles. The van der Waals surface area contributed by atoms with Crippen molar-refractivity contribution in [3.05, 3.63) is 95.8 Å². The molecule has 0 aliphatic rings. The van der Waals surface area contributed by atoms with Crippen LogP contribution in [0.3, 0.4) is 0 Å². The Labute approximate surface area is 222 Å². The van der Waals surface area contributed by atoms with Crippen LogP contribution in [0.1, 0.15) is 37.2 Å². The molecule has 0 spiro atoms. The van der Waals surface area contributed by atoms with Gasteiger partial charge < -0.3 is 5.32 Å². The highest BCUT2D eigenvalue weighted by atomic mass is 32.2. The zero-order valence-corrected chi connectivity index (χ0v) is 22.7. The molecule has 1 N–H and O–H groups in total. The van der Waals surface area contributed by atoms with Gasteiger partial charge in [0.1, 0.15) is 5.75 Å². The summed E-state index contributed by atoms with van der Waals surface area (Å²) in [6, 6.07) is 23.9. The van der Waals surface area contributed by atoms with Gasteiger partial charge in [-0.15, -0.1) is 10.2 Å². The molecule has 0 aliphatic carbocycles. The van der Waals surface area contributed by atoms with Crippen LogP contribution in [-0.4, -0.2) is 34.3 Å². The lowest BCUT2D eigenvalue weighted by molar-refractivity contribution is -0.115. The number of nitrogens with zero attached hydrogens (tertiary/aromatic N) is 3. The molecule has 1 heterocycles. The van der Waals surface area contributed by atoms with Crippen molar-refractivity contribution in [1.82, 2.24) is 14.8 Å². The fourth-order valence-corrected chi connectivity index (χ4v) is 6.04. The van der Waals surface area contributed by atoms with Crippen molar-refractivity contribution in [1.29, 1.82) is 0 Å². The lowest BCUT2D eigenvalue weighted by Crippen LogP contribution is -2.25. The van der Waals surface area contributed by atoms with Crippen LogP contribution in [0.25, 0.3) is 5.69 Å². The number of aryl methyl sites for hydroxylation is 2. The van der Waals surface area contributed by atoms with Gasteiger partial charge in [-0.2, -0.15) is 0 Å². The standard InChI is InChI=1S/C28H30N4O3S2/c1-4-21-13-15-22(16-14-21)29-27(33)25(5-2)36-28-31-30-26(32(28)23-9-7-6-8-10-23)19-37(34,35)24-17-11-20(3)12-18-24/h6-18,25H,4-5,19H2,1-3H3,(H,29,33). The third-order valence-electron chi connectivity index (χ3n) is 5.95. The summed E-state index contributed by atoms with van der Waals surface area (Å²) in [6.07, 6.45) is 1.49. The van der Waals surface area contributed by atoms with E-state index >= 15 is 0 Å². The van der Waals surface area contributed by atoms with Crippen molar-refractivity contribution in [2.45, 2.75) is 54.7 Å². The quantitative estimate of drug-likeness (QED) is 0.265. The minimum absolute atomic E-state index is 0.145. The minimum Gasteiger partial charge on any atom is -0.325 e. The van der Waals surface area contributed by atoms with Crippen LogP contribution in [0.5, 0.6) is 0 Å². The third-order valence-corrected chi connectivity index (χ3v) is 8.89. The number of rotatable bonds is 10. The van der Waals surface area contributed by atoms with E-state index in [-0.39, 0.29) is 16.6 Å². The van der Waals surface area contributed by atoms with E-state index in [1.165, 1.54) is 17.3 Å². The number of benzene rings is 3. The Morgan fingerprint density at radius 2 is 1.62 bits per heavy atom. The molecule has 0 bridgehead atoms. The summed E-state index contributed by atoms with van der Waals surface area (Å²) in [5, 5.41) is 11.6. The van der Waals surface area contributed by atoms with Crippen molar-refractivity contribution in [3.63, 3.8) is 0 Å². The first kappa shape index (κ1) is 26.6. The normalized spacial score (nSPS) is 12.3. The number of amides is 1. The Kier molecular flexibility index (Phi) is 8.45. The molecule has 1 atom stereocenters.